The van der Waals surface area contributed by atoms with E-state index in [2.05, 4.69) is 39.5 Å². The molecule has 2 fully saturated rings. The second-order valence-corrected chi connectivity index (χ2v) is 9.45. The number of amides is 1. The molecule has 1 saturated carbocycles. The van der Waals surface area contributed by atoms with Gasteiger partial charge in [-0.25, -0.2) is 9.38 Å². The van der Waals surface area contributed by atoms with Gasteiger partial charge in [-0.15, -0.1) is 10.2 Å². The molecule has 2 aliphatic rings. The van der Waals surface area contributed by atoms with E-state index in [0.29, 0.717) is 5.92 Å². The van der Waals surface area contributed by atoms with Gasteiger partial charge in [0.2, 0.25) is 11.9 Å². The van der Waals surface area contributed by atoms with Gasteiger partial charge < -0.3 is 9.80 Å². The highest BCUT2D eigenvalue weighted by molar-refractivity contribution is 5.93. The molecular formula is C24H32N6O. The highest BCUT2D eigenvalue weighted by Crippen LogP contribution is 2.35. The molecule has 0 atom stereocenters. The molecule has 5 rings (SSSR count). The van der Waals surface area contributed by atoms with Crippen LogP contribution in [0, 0.1) is 12.8 Å². The molecule has 1 amide bonds. The Balaban J connectivity index is 1.58. The molecule has 1 aliphatic heterocycles. The van der Waals surface area contributed by atoms with Gasteiger partial charge in [0.1, 0.15) is 5.82 Å². The topological polar surface area (TPSA) is 66.6 Å². The van der Waals surface area contributed by atoms with Crippen molar-refractivity contribution in [3.63, 3.8) is 0 Å². The van der Waals surface area contributed by atoms with Crippen molar-refractivity contribution in [2.45, 2.75) is 58.8 Å². The molecule has 2 aromatic heterocycles. The average molecular weight is 421 g/mol. The monoisotopic (exact) mass is 420 g/mol. The minimum atomic E-state index is 0.0380. The second-order valence-electron chi connectivity index (χ2n) is 9.45. The Hall–Kier alpha value is -2.70. The normalized spacial score (nSPS) is 18.5. The summed E-state index contributed by atoms with van der Waals surface area (Å²) in [6.07, 6.45) is 6.16. The van der Waals surface area contributed by atoms with Crippen LogP contribution in [0.1, 0.15) is 63.3 Å². The number of carbonyl (C=O) groups excluding carboxylic acids is 1. The molecule has 3 heterocycles. The number of aryl methyl sites for hydroxylation is 1. The van der Waals surface area contributed by atoms with E-state index >= 15 is 0 Å². The zero-order valence-corrected chi connectivity index (χ0v) is 18.8. The fourth-order valence-corrected chi connectivity index (χ4v) is 5.08. The van der Waals surface area contributed by atoms with E-state index in [1.165, 1.54) is 37.7 Å². The Morgan fingerprint density at radius 2 is 1.77 bits per heavy atom. The van der Waals surface area contributed by atoms with Gasteiger partial charge in [0.05, 0.1) is 5.52 Å². The number of rotatable bonds is 3. The first-order valence-electron chi connectivity index (χ1n) is 11.7. The van der Waals surface area contributed by atoms with Gasteiger partial charge in [-0.3, -0.25) is 4.79 Å². The molecule has 0 unspecified atom stereocenters. The molecule has 0 radical (unpaired) electrons. The third-order valence-electron chi connectivity index (χ3n) is 6.84. The Labute approximate surface area is 183 Å². The van der Waals surface area contributed by atoms with Crippen LogP contribution in [0.2, 0.25) is 0 Å². The largest absolute Gasteiger partial charge is 0.339 e. The lowest BCUT2D eigenvalue weighted by Gasteiger charge is -2.36. The number of piperazine rings is 1. The summed E-state index contributed by atoms with van der Waals surface area (Å²) in [5.74, 6) is 2.69. The van der Waals surface area contributed by atoms with Crippen molar-refractivity contribution < 1.29 is 4.79 Å². The van der Waals surface area contributed by atoms with Crippen LogP contribution in [0.4, 0.5) is 5.95 Å². The smallest absolute Gasteiger partial charge is 0.225 e. The Kier molecular flexibility index (Phi) is 5.28. The number of aromatic nitrogens is 4. The van der Waals surface area contributed by atoms with Gasteiger partial charge in [-0.2, -0.15) is 0 Å². The number of hydrogen-bond acceptors (Lipinski definition) is 5. The Morgan fingerprint density at radius 1 is 1.03 bits per heavy atom. The van der Waals surface area contributed by atoms with Gasteiger partial charge in [-0.1, -0.05) is 44.7 Å². The number of anilines is 1. The third-order valence-corrected chi connectivity index (χ3v) is 6.84. The maximum Gasteiger partial charge on any atom is 0.225 e. The molecule has 31 heavy (non-hydrogen) atoms. The van der Waals surface area contributed by atoms with Crippen molar-refractivity contribution in [1.29, 1.82) is 0 Å². The summed E-state index contributed by atoms with van der Waals surface area (Å²) in [6.45, 7) is 9.06. The second kappa shape index (κ2) is 8.09. The van der Waals surface area contributed by atoms with E-state index in [9.17, 15) is 4.79 Å². The SMILES string of the molecule is Cc1ccc2nc(N3CCN(C(=O)C(C)C)CC3)n3c(C4CCCCC4)nnc3c2c1. The molecular weight excluding hydrogens is 388 g/mol. The van der Waals surface area contributed by atoms with Gasteiger partial charge in [0, 0.05) is 43.4 Å². The highest BCUT2D eigenvalue weighted by atomic mass is 16.2. The van der Waals surface area contributed by atoms with E-state index in [4.69, 9.17) is 10.1 Å². The van der Waals surface area contributed by atoms with Gasteiger partial charge in [0.25, 0.3) is 0 Å². The average Bonchev–Trinajstić information content (AvgIpc) is 3.24. The molecule has 0 bridgehead atoms. The molecule has 0 N–H and O–H groups in total. The van der Waals surface area contributed by atoms with Crippen molar-refractivity contribution >= 4 is 28.4 Å². The number of nitrogens with zero attached hydrogens (tertiary/aromatic N) is 6. The van der Waals surface area contributed by atoms with Crippen molar-refractivity contribution in [3.05, 3.63) is 29.6 Å². The lowest BCUT2D eigenvalue weighted by Crippen LogP contribution is -2.50. The minimum absolute atomic E-state index is 0.0380. The minimum Gasteiger partial charge on any atom is -0.339 e. The van der Waals surface area contributed by atoms with Crippen LogP contribution in [0.15, 0.2) is 18.2 Å². The van der Waals surface area contributed by atoms with E-state index in [0.717, 1.165) is 54.5 Å². The standard InChI is InChI=1S/C24H32N6O/c1-16(2)23(31)28-11-13-29(14-12-28)24-25-20-10-9-17(3)15-19(20)22-27-26-21(30(22)24)18-7-5-4-6-8-18/h9-10,15-16,18H,4-8,11-14H2,1-3H3. The summed E-state index contributed by atoms with van der Waals surface area (Å²) >= 11 is 0. The van der Waals surface area contributed by atoms with Gasteiger partial charge in [-0.05, 0) is 31.9 Å². The summed E-state index contributed by atoms with van der Waals surface area (Å²) in [4.78, 5) is 21.8. The third kappa shape index (κ3) is 3.64. The van der Waals surface area contributed by atoms with E-state index in [1.54, 1.807) is 0 Å². The van der Waals surface area contributed by atoms with E-state index in [1.807, 2.05) is 18.7 Å². The van der Waals surface area contributed by atoms with Crippen LogP contribution in [0.25, 0.3) is 16.6 Å². The van der Waals surface area contributed by atoms with Crippen molar-refractivity contribution in [2.75, 3.05) is 31.1 Å². The number of carbonyl (C=O) groups is 1. The number of fused-ring (bicyclic) bond motifs is 3. The maximum absolute atomic E-state index is 12.4. The Bertz CT molecular complexity index is 1110. The number of hydrogen-bond donors (Lipinski definition) is 0. The van der Waals surface area contributed by atoms with Crippen LogP contribution >= 0.6 is 0 Å². The summed E-state index contributed by atoms with van der Waals surface area (Å²) < 4.78 is 2.22. The van der Waals surface area contributed by atoms with E-state index < -0.39 is 0 Å². The zero-order valence-electron chi connectivity index (χ0n) is 18.8. The molecule has 7 nitrogen and oxygen atoms in total. The van der Waals surface area contributed by atoms with Crippen molar-refractivity contribution in [3.8, 4) is 0 Å². The van der Waals surface area contributed by atoms with Crippen LogP contribution in [0.3, 0.4) is 0 Å². The van der Waals surface area contributed by atoms with E-state index in [-0.39, 0.29) is 11.8 Å². The van der Waals surface area contributed by atoms with Crippen LogP contribution in [-0.2, 0) is 4.79 Å². The van der Waals surface area contributed by atoms with Gasteiger partial charge in [0.15, 0.2) is 5.65 Å². The highest BCUT2D eigenvalue weighted by Gasteiger charge is 2.28. The van der Waals surface area contributed by atoms with Crippen molar-refractivity contribution in [2.24, 2.45) is 5.92 Å². The van der Waals surface area contributed by atoms with Crippen molar-refractivity contribution in [1.82, 2.24) is 24.5 Å². The molecule has 1 saturated heterocycles. The fourth-order valence-electron chi connectivity index (χ4n) is 5.08. The lowest BCUT2D eigenvalue weighted by atomic mass is 9.89. The van der Waals surface area contributed by atoms with Crippen LogP contribution < -0.4 is 4.90 Å². The molecule has 1 aromatic carbocycles. The summed E-state index contributed by atoms with van der Waals surface area (Å²) in [5, 5.41) is 10.4. The first-order valence-corrected chi connectivity index (χ1v) is 11.7. The summed E-state index contributed by atoms with van der Waals surface area (Å²) in [7, 11) is 0. The molecule has 1 aliphatic carbocycles. The summed E-state index contributed by atoms with van der Waals surface area (Å²) in [5.41, 5.74) is 3.06. The first kappa shape index (κ1) is 20.2. The first-order chi connectivity index (χ1) is 15.0. The quantitative estimate of drug-likeness (QED) is 0.642. The lowest BCUT2D eigenvalue weighted by molar-refractivity contribution is -0.134. The predicted octanol–water partition coefficient (Wildman–Crippen LogP) is 3.94. The predicted molar refractivity (Wildman–Crippen MR) is 122 cm³/mol. The Morgan fingerprint density at radius 3 is 2.48 bits per heavy atom. The number of benzene rings is 1. The molecule has 7 heteroatoms. The molecule has 0 spiro atoms. The maximum atomic E-state index is 12.4. The molecule has 164 valence electrons. The van der Waals surface area contributed by atoms with Crippen LogP contribution in [0.5, 0.6) is 0 Å². The van der Waals surface area contributed by atoms with Crippen LogP contribution in [-0.4, -0.2) is 56.6 Å². The zero-order chi connectivity index (χ0) is 21.5. The van der Waals surface area contributed by atoms with Gasteiger partial charge >= 0.3 is 0 Å². The molecule has 3 aromatic rings. The fraction of sp³-hybridized carbons (Fsp3) is 0.583. The summed E-state index contributed by atoms with van der Waals surface area (Å²) in [6, 6.07) is 6.36.